The highest BCUT2D eigenvalue weighted by Gasteiger charge is 2.05. The summed E-state index contributed by atoms with van der Waals surface area (Å²) in [6.45, 7) is 3.97. The van der Waals surface area contributed by atoms with Gasteiger partial charge in [0, 0.05) is 0 Å². The summed E-state index contributed by atoms with van der Waals surface area (Å²) >= 11 is 1.66. The second-order valence-electron chi connectivity index (χ2n) is 2.76. The van der Waals surface area contributed by atoms with Gasteiger partial charge in [-0.1, -0.05) is 0 Å². The van der Waals surface area contributed by atoms with Gasteiger partial charge < -0.3 is 4.42 Å². The molecule has 0 N–H and O–H groups in total. The molecular formula is C9H9NOS. The maximum atomic E-state index is 5.38. The van der Waals surface area contributed by atoms with Crippen molar-refractivity contribution in [1.29, 1.82) is 0 Å². The lowest BCUT2D eigenvalue weighted by Crippen LogP contribution is -1.67. The maximum Gasteiger partial charge on any atom is 0.236 e. The molecule has 3 heteroatoms. The van der Waals surface area contributed by atoms with Gasteiger partial charge in [0.2, 0.25) is 5.89 Å². The Morgan fingerprint density at radius 2 is 2.25 bits per heavy atom. The van der Waals surface area contributed by atoms with E-state index in [9.17, 15) is 0 Å². The zero-order valence-corrected chi connectivity index (χ0v) is 7.81. The fraction of sp³-hybridized carbons (Fsp3) is 0.222. The Kier molecular flexibility index (Phi) is 1.73. The Morgan fingerprint density at radius 1 is 1.42 bits per heavy atom. The monoisotopic (exact) mass is 179 g/mol. The molecule has 0 aliphatic carbocycles. The lowest BCUT2D eigenvalue weighted by molar-refractivity contribution is 0.544. The SMILES string of the molecule is Cc1csc(-c2ncc(C)o2)c1. The lowest BCUT2D eigenvalue weighted by atomic mass is 10.3. The Morgan fingerprint density at radius 3 is 2.75 bits per heavy atom. The average Bonchev–Trinajstić information content (AvgIpc) is 2.58. The van der Waals surface area contributed by atoms with Crippen LogP contribution in [-0.2, 0) is 0 Å². The van der Waals surface area contributed by atoms with E-state index in [1.807, 2.05) is 6.92 Å². The summed E-state index contributed by atoms with van der Waals surface area (Å²) in [5.41, 5.74) is 1.26. The van der Waals surface area contributed by atoms with Gasteiger partial charge in [0.15, 0.2) is 0 Å². The molecule has 2 aromatic heterocycles. The number of hydrogen-bond acceptors (Lipinski definition) is 3. The average molecular weight is 179 g/mol. The lowest BCUT2D eigenvalue weighted by Gasteiger charge is -1.85. The van der Waals surface area contributed by atoms with E-state index in [2.05, 4.69) is 23.4 Å². The Hall–Kier alpha value is -1.09. The normalized spacial score (nSPS) is 10.5. The van der Waals surface area contributed by atoms with E-state index in [1.165, 1.54) is 5.56 Å². The van der Waals surface area contributed by atoms with E-state index in [0.29, 0.717) is 0 Å². The number of rotatable bonds is 1. The van der Waals surface area contributed by atoms with Crippen molar-refractivity contribution in [2.45, 2.75) is 13.8 Å². The fourth-order valence-electron chi connectivity index (χ4n) is 1.01. The Labute approximate surface area is 74.9 Å². The number of aromatic nitrogens is 1. The van der Waals surface area contributed by atoms with Crippen LogP contribution in [0.4, 0.5) is 0 Å². The standard InChI is InChI=1S/C9H9NOS/c1-6-3-8(12-5-6)9-10-4-7(2)11-9/h3-5H,1-2H3. The van der Waals surface area contributed by atoms with Crippen molar-refractivity contribution in [1.82, 2.24) is 4.98 Å². The third kappa shape index (κ3) is 1.28. The molecule has 0 aromatic carbocycles. The van der Waals surface area contributed by atoms with Crippen molar-refractivity contribution in [2.24, 2.45) is 0 Å². The summed E-state index contributed by atoms with van der Waals surface area (Å²) in [5, 5.41) is 2.09. The van der Waals surface area contributed by atoms with E-state index in [1.54, 1.807) is 17.5 Å². The van der Waals surface area contributed by atoms with Crippen molar-refractivity contribution < 1.29 is 4.42 Å². The molecule has 0 saturated heterocycles. The van der Waals surface area contributed by atoms with E-state index >= 15 is 0 Å². The van der Waals surface area contributed by atoms with Gasteiger partial charge in [-0.2, -0.15) is 0 Å². The first-order valence-electron chi connectivity index (χ1n) is 3.73. The minimum absolute atomic E-state index is 0.727. The van der Waals surface area contributed by atoms with Crippen LogP contribution in [0.1, 0.15) is 11.3 Å². The first kappa shape index (κ1) is 7.55. The molecule has 0 atom stereocenters. The number of hydrogen-bond donors (Lipinski definition) is 0. The Bertz CT molecular complexity index is 350. The van der Waals surface area contributed by atoms with E-state index in [4.69, 9.17) is 4.42 Å². The largest absolute Gasteiger partial charge is 0.441 e. The zero-order chi connectivity index (χ0) is 8.55. The smallest absolute Gasteiger partial charge is 0.236 e. The summed E-state index contributed by atoms with van der Waals surface area (Å²) < 4.78 is 5.38. The van der Waals surface area contributed by atoms with Crippen molar-refractivity contribution >= 4 is 11.3 Å². The molecule has 0 saturated carbocycles. The summed E-state index contributed by atoms with van der Waals surface area (Å²) in [6.07, 6.45) is 1.74. The van der Waals surface area contributed by atoms with Crippen LogP contribution in [0.25, 0.3) is 10.8 Å². The topological polar surface area (TPSA) is 26.0 Å². The van der Waals surface area contributed by atoms with Gasteiger partial charge >= 0.3 is 0 Å². The van der Waals surface area contributed by atoms with Gasteiger partial charge in [0.25, 0.3) is 0 Å². The molecule has 0 fully saturated rings. The molecule has 0 amide bonds. The van der Waals surface area contributed by atoms with E-state index < -0.39 is 0 Å². The molecule has 12 heavy (non-hydrogen) atoms. The highest BCUT2D eigenvalue weighted by atomic mass is 32.1. The molecule has 62 valence electrons. The van der Waals surface area contributed by atoms with Gasteiger partial charge in [-0.25, -0.2) is 4.98 Å². The van der Waals surface area contributed by atoms with Crippen LogP contribution < -0.4 is 0 Å². The maximum absolute atomic E-state index is 5.38. The summed E-state index contributed by atoms with van der Waals surface area (Å²) in [5.74, 6) is 1.58. The van der Waals surface area contributed by atoms with Crippen LogP contribution in [0.15, 0.2) is 22.1 Å². The van der Waals surface area contributed by atoms with Crippen LogP contribution in [0.2, 0.25) is 0 Å². The molecule has 0 unspecified atom stereocenters. The van der Waals surface area contributed by atoms with Crippen molar-refractivity contribution in [3.8, 4) is 10.8 Å². The molecule has 0 bridgehead atoms. The van der Waals surface area contributed by atoms with Crippen LogP contribution >= 0.6 is 11.3 Å². The van der Waals surface area contributed by atoms with Crippen molar-refractivity contribution in [2.75, 3.05) is 0 Å². The highest BCUT2D eigenvalue weighted by molar-refractivity contribution is 7.13. The first-order chi connectivity index (χ1) is 5.75. The molecule has 0 aliphatic heterocycles. The van der Waals surface area contributed by atoms with Gasteiger partial charge in [0.05, 0.1) is 11.1 Å². The zero-order valence-electron chi connectivity index (χ0n) is 7.00. The van der Waals surface area contributed by atoms with Crippen LogP contribution in [0.3, 0.4) is 0 Å². The first-order valence-corrected chi connectivity index (χ1v) is 4.61. The van der Waals surface area contributed by atoms with Crippen LogP contribution in [0.5, 0.6) is 0 Å². The summed E-state index contributed by atoms with van der Waals surface area (Å²) in [4.78, 5) is 5.24. The second-order valence-corrected chi connectivity index (χ2v) is 3.68. The van der Waals surface area contributed by atoms with Gasteiger partial charge in [0.1, 0.15) is 5.76 Å². The fourth-order valence-corrected chi connectivity index (χ4v) is 1.84. The molecule has 0 radical (unpaired) electrons. The molecule has 0 aliphatic rings. The minimum Gasteiger partial charge on any atom is -0.441 e. The second kappa shape index (κ2) is 2.75. The molecule has 2 rings (SSSR count). The molecule has 2 nitrogen and oxygen atoms in total. The molecule has 0 spiro atoms. The summed E-state index contributed by atoms with van der Waals surface area (Å²) in [6, 6.07) is 2.08. The minimum atomic E-state index is 0.727. The van der Waals surface area contributed by atoms with Gasteiger partial charge in [-0.15, -0.1) is 11.3 Å². The third-order valence-corrected chi connectivity index (χ3v) is 2.60. The predicted molar refractivity (Wildman–Crippen MR) is 49.3 cm³/mol. The third-order valence-electron chi connectivity index (χ3n) is 1.56. The van der Waals surface area contributed by atoms with Crippen LogP contribution in [0, 0.1) is 13.8 Å². The van der Waals surface area contributed by atoms with E-state index in [-0.39, 0.29) is 0 Å². The van der Waals surface area contributed by atoms with Gasteiger partial charge in [-0.3, -0.25) is 0 Å². The molecule has 2 heterocycles. The van der Waals surface area contributed by atoms with Gasteiger partial charge in [-0.05, 0) is 30.9 Å². The number of nitrogens with zero attached hydrogens (tertiary/aromatic N) is 1. The number of thiophene rings is 1. The predicted octanol–water partition coefficient (Wildman–Crippen LogP) is 3.02. The number of oxazole rings is 1. The van der Waals surface area contributed by atoms with E-state index in [0.717, 1.165) is 16.5 Å². The number of aryl methyl sites for hydroxylation is 2. The quantitative estimate of drug-likeness (QED) is 0.672. The Balaban J connectivity index is 2.43. The summed E-state index contributed by atoms with van der Waals surface area (Å²) in [7, 11) is 0. The highest BCUT2D eigenvalue weighted by Crippen LogP contribution is 2.25. The molecular weight excluding hydrogens is 170 g/mol. The molecule has 2 aromatic rings. The van der Waals surface area contributed by atoms with Crippen LogP contribution in [-0.4, -0.2) is 4.98 Å². The van der Waals surface area contributed by atoms with Crippen molar-refractivity contribution in [3.63, 3.8) is 0 Å². The van der Waals surface area contributed by atoms with Crippen molar-refractivity contribution in [3.05, 3.63) is 29.0 Å².